The van der Waals surface area contributed by atoms with Gasteiger partial charge in [-0.05, 0) is 29.8 Å². The van der Waals surface area contributed by atoms with Crippen LogP contribution in [0.5, 0.6) is 11.5 Å². The minimum Gasteiger partial charge on any atom is -0.493 e. The molecule has 7 heteroatoms. The highest BCUT2D eigenvalue weighted by atomic mass is 35.5. The van der Waals surface area contributed by atoms with Crippen LogP contribution in [0.1, 0.15) is 11.1 Å². The van der Waals surface area contributed by atoms with Crippen molar-refractivity contribution in [3.8, 4) is 11.5 Å². The summed E-state index contributed by atoms with van der Waals surface area (Å²) in [6, 6.07) is 10.6. The summed E-state index contributed by atoms with van der Waals surface area (Å²) in [5, 5.41) is 12.6. The molecule has 0 atom stereocenters. The van der Waals surface area contributed by atoms with E-state index in [1.165, 1.54) is 0 Å². The number of benzene rings is 2. The predicted octanol–water partition coefficient (Wildman–Crippen LogP) is 3.76. The van der Waals surface area contributed by atoms with E-state index in [9.17, 15) is 4.79 Å². The van der Waals surface area contributed by atoms with E-state index >= 15 is 0 Å². The van der Waals surface area contributed by atoms with Gasteiger partial charge in [-0.2, -0.15) is 0 Å². The third kappa shape index (κ3) is 5.30. The number of methoxy groups -OCH3 is 1. The van der Waals surface area contributed by atoms with Crippen LogP contribution >= 0.6 is 23.2 Å². The lowest BCUT2D eigenvalue weighted by Crippen LogP contribution is -2.21. The van der Waals surface area contributed by atoms with Gasteiger partial charge in [0.1, 0.15) is 6.61 Å². The molecule has 2 rings (SSSR count). The molecule has 0 saturated carbocycles. The van der Waals surface area contributed by atoms with Crippen molar-refractivity contribution >= 4 is 29.2 Å². The van der Waals surface area contributed by atoms with Gasteiger partial charge >= 0.3 is 5.97 Å². The fourth-order valence-electron chi connectivity index (χ4n) is 2.05. The Balaban J connectivity index is 2.03. The molecule has 0 amide bonds. The van der Waals surface area contributed by atoms with Gasteiger partial charge in [-0.25, -0.2) is 0 Å². The highest BCUT2D eigenvalue weighted by molar-refractivity contribution is 6.35. The van der Waals surface area contributed by atoms with Gasteiger partial charge in [0.15, 0.2) is 11.5 Å². The molecule has 2 aromatic carbocycles. The first-order chi connectivity index (χ1) is 11.5. The first-order valence-electron chi connectivity index (χ1n) is 7.15. The first-order valence-corrected chi connectivity index (χ1v) is 7.91. The number of rotatable bonds is 8. The summed E-state index contributed by atoms with van der Waals surface area (Å²) in [4.78, 5) is 10.5. The summed E-state index contributed by atoms with van der Waals surface area (Å²) < 4.78 is 11.1. The van der Waals surface area contributed by atoms with Gasteiger partial charge in [0.25, 0.3) is 0 Å². The molecule has 5 nitrogen and oxygen atoms in total. The highest BCUT2D eigenvalue weighted by Gasteiger charge is 2.08. The van der Waals surface area contributed by atoms with Gasteiger partial charge in [-0.3, -0.25) is 4.79 Å². The second kappa shape index (κ2) is 8.78. The van der Waals surface area contributed by atoms with Crippen molar-refractivity contribution in [1.82, 2.24) is 5.32 Å². The summed E-state index contributed by atoms with van der Waals surface area (Å²) in [6.07, 6.45) is 0. The van der Waals surface area contributed by atoms with E-state index < -0.39 is 5.97 Å². The van der Waals surface area contributed by atoms with Crippen molar-refractivity contribution in [3.63, 3.8) is 0 Å². The molecule has 24 heavy (non-hydrogen) atoms. The van der Waals surface area contributed by atoms with E-state index in [1.54, 1.807) is 37.4 Å². The number of halogens is 2. The molecule has 0 radical (unpaired) electrons. The summed E-state index contributed by atoms with van der Waals surface area (Å²) in [5.74, 6) is 0.238. The summed E-state index contributed by atoms with van der Waals surface area (Å²) in [5.41, 5.74) is 1.71. The number of carbonyl (C=O) groups is 1. The Hall–Kier alpha value is -1.95. The second-order valence-corrected chi connectivity index (χ2v) is 5.85. The van der Waals surface area contributed by atoms with Crippen LogP contribution in [0.25, 0.3) is 0 Å². The predicted molar refractivity (Wildman–Crippen MR) is 93.1 cm³/mol. The molecule has 2 N–H and O–H groups in total. The van der Waals surface area contributed by atoms with Crippen molar-refractivity contribution in [2.45, 2.75) is 13.2 Å². The molecule has 0 aliphatic rings. The van der Waals surface area contributed by atoms with Crippen LogP contribution in [0.15, 0.2) is 36.4 Å². The van der Waals surface area contributed by atoms with E-state index in [2.05, 4.69) is 5.32 Å². The van der Waals surface area contributed by atoms with E-state index in [4.69, 9.17) is 37.8 Å². The number of hydrogen-bond acceptors (Lipinski definition) is 4. The van der Waals surface area contributed by atoms with Crippen LogP contribution < -0.4 is 14.8 Å². The molecular weight excluding hydrogens is 353 g/mol. The summed E-state index contributed by atoms with van der Waals surface area (Å²) >= 11 is 12.0. The maximum absolute atomic E-state index is 10.5. The van der Waals surface area contributed by atoms with Crippen LogP contribution in [0.2, 0.25) is 10.0 Å². The Kier molecular flexibility index (Phi) is 6.73. The molecule has 0 saturated heterocycles. The van der Waals surface area contributed by atoms with Gasteiger partial charge in [0, 0.05) is 22.2 Å². The van der Waals surface area contributed by atoms with E-state index in [0.717, 1.165) is 11.1 Å². The average Bonchev–Trinajstić information content (AvgIpc) is 2.54. The Morgan fingerprint density at radius 2 is 1.96 bits per heavy atom. The lowest BCUT2D eigenvalue weighted by atomic mass is 10.2. The maximum Gasteiger partial charge on any atom is 0.317 e. The standard InChI is InChI=1S/C17H17Cl2NO4/c1-23-16-6-11(8-20-9-17(21)22)2-5-15(16)24-10-12-3-4-13(18)7-14(12)19/h2-7,20H,8-10H2,1H3,(H,21,22). The van der Waals surface area contributed by atoms with Crippen molar-refractivity contribution in [2.24, 2.45) is 0 Å². The Morgan fingerprint density at radius 3 is 2.62 bits per heavy atom. The minimum absolute atomic E-state index is 0.102. The number of carboxylic acids is 1. The third-order valence-electron chi connectivity index (χ3n) is 3.23. The van der Waals surface area contributed by atoms with Crippen LogP contribution in [0.4, 0.5) is 0 Å². The molecular formula is C17H17Cl2NO4. The zero-order valence-corrected chi connectivity index (χ0v) is 14.5. The molecule has 0 spiro atoms. The van der Waals surface area contributed by atoms with Gasteiger partial charge in [-0.1, -0.05) is 35.3 Å². The molecule has 2 aromatic rings. The minimum atomic E-state index is -0.901. The molecule has 0 unspecified atom stereocenters. The second-order valence-electron chi connectivity index (χ2n) is 5.01. The normalized spacial score (nSPS) is 10.5. The zero-order valence-electron chi connectivity index (χ0n) is 13.0. The number of hydrogen-bond donors (Lipinski definition) is 2. The fraction of sp³-hybridized carbons (Fsp3) is 0.235. The quantitative estimate of drug-likeness (QED) is 0.741. The topological polar surface area (TPSA) is 67.8 Å². The smallest absolute Gasteiger partial charge is 0.317 e. The lowest BCUT2D eigenvalue weighted by molar-refractivity contribution is -0.135. The van der Waals surface area contributed by atoms with Gasteiger partial charge in [0.2, 0.25) is 0 Å². The number of carboxylic acid groups (broad SMARTS) is 1. The maximum atomic E-state index is 10.5. The molecule has 0 fully saturated rings. The average molecular weight is 370 g/mol. The molecule has 0 heterocycles. The van der Waals surface area contributed by atoms with Gasteiger partial charge in [0.05, 0.1) is 13.7 Å². The van der Waals surface area contributed by atoms with E-state index in [1.807, 2.05) is 6.07 Å². The number of aliphatic carboxylic acids is 1. The molecule has 0 aliphatic carbocycles. The largest absolute Gasteiger partial charge is 0.493 e. The van der Waals surface area contributed by atoms with E-state index in [0.29, 0.717) is 28.1 Å². The SMILES string of the molecule is COc1cc(CNCC(=O)O)ccc1OCc1ccc(Cl)cc1Cl. The van der Waals surface area contributed by atoms with Crippen LogP contribution in [-0.2, 0) is 17.9 Å². The van der Waals surface area contributed by atoms with Crippen LogP contribution in [0.3, 0.4) is 0 Å². The van der Waals surface area contributed by atoms with Crippen molar-refractivity contribution in [2.75, 3.05) is 13.7 Å². The van der Waals surface area contributed by atoms with Crippen LogP contribution in [0, 0.1) is 0 Å². The van der Waals surface area contributed by atoms with Crippen molar-refractivity contribution in [1.29, 1.82) is 0 Å². The van der Waals surface area contributed by atoms with Crippen molar-refractivity contribution in [3.05, 3.63) is 57.6 Å². The van der Waals surface area contributed by atoms with Crippen molar-refractivity contribution < 1.29 is 19.4 Å². The summed E-state index contributed by atoms with van der Waals surface area (Å²) in [7, 11) is 1.55. The van der Waals surface area contributed by atoms with Gasteiger partial charge < -0.3 is 19.9 Å². The highest BCUT2D eigenvalue weighted by Crippen LogP contribution is 2.30. The fourth-order valence-corrected chi connectivity index (χ4v) is 2.51. The number of ether oxygens (including phenoxy) is 2. The third-order valence-corrected chi connectivity index (χ3v) is 3.82. The molecule has 128 valence electrons. The zero-order chi connectivity index (χ0) is 17.5. The molecule has 0 bridgehead atoms. The lowest BCUT2D eigenvalue weighted by Gasteiger charge is -2.13. The molecule has 0 aromatic heterocycles. The summed E-state index contributed by atoms with van der Waals surface area (Å²) in [6.45, 7) is 0.602. The number of nitrogens with one attached hydrogen (secondary N) is 1. The monoisotopic (exact) mass is 369 g/mol. The van der Waals surface area contributed by atoms with Gasteiger partial charge in [-0.15, -0.1) is 0 Å². The Labute approximate surface area is 150 Å². The Morgan fingerprint density at radius 1 is 1.17 bits per heavy atom. The molecule has 0 aliphatic heterocycles. The first kappa shape index (κ1) is 18.4. The van der Waals surface area contributed by atoms with Crippen LogP contribution in [-0.4, -0.2) is 24.7 Å². The van der Waals surface area contributed by atoms with E-state index in [-0.39, 0.29) is 13.2 Å². The Bertz CT molecular complexity index is 722.